The van der Waals surface area contributed by atoms with Crippen LogP contribution >= 0.6 is 0 Å². The fourth-order valence-electron chi connectivity index (χ4n) is 3.56. The van der Waals surface area contributed by atoms with Crippen molar-refractivity contribution < 1.29 is 45.1 Å². The minimum Gasteiger partial charge on any atom is -0.407 e. The molecule has 0 atom stereocenters. The van der Waals surface area contributed by atoms with Crippen LogP contribution in [0.2, 0.25) is 0 Å². The smallest absolute Gasteiger partial charge is 0.407 e. The molecule has 1 saturated heterocycles. The third-order valence-electron chi connectivity index (χ3n) is 5.58. The third kappa shape index (κ3) is 6.42. The fourth-order valence-corrected chi connectivity index (χ4v) is 3.56. The van der Waals surface area contributed by atoms with Crippen molar-refractivity contribution in [1.29, 1.82) is 0 Å². The molecule has 37 heavy (non-hydrogen) atoms. The number of likely N-dealkylation sites (N-methyl/N-ethyl adjacent to an activating group) is 1. The average Bonchev–Trinajstić information content (AvgIpc) is 3.16. The average molecular weight is 536 g/mol. The molecule has 0 unspecified atom stereocenters. The largest absolute Gasteiger partial charge is 0.420 e. The molecule has 1 heterocycles. The number of halogens is 7. The summed E-state index contributed by atoms with van der Waals surface area (Å²) in [6.07, 6.45) is -11.9. The number of hydrogen-bond donors (Lipinski definition) is 0. The van der Waals surface area contributed by atoms with E-state index >= 15 is 0 Å². The van der Waals surface area contributed by atoms with Crippen molar-refractivity contribution >= 4 is 23.5 Å². The number of alkyl halides is 6. The van der Waals surface area contributed by atoms with Crippen molar-refractivity contribution in [2.45, 2.75) is 12.4 Å². The van der Waals surface area contributed by atoms with Gasteiger partial charge in [0.1, 0.15) is 11.4 Å². The Morgan fingerprint density at radius 2 is 1.59 bits per heavy atom. The van der Waals surface area contributed by atoms with Gasteiger partial charge in [-0.25, -0.2) is 14.0 Å². The van der Waals surface area contributed by atoms with Crippen LogP contribution in [0.5, 0.6) is 5.75 Å². The standard InChI is InChI=1S/C23H23F7N4O3/c1-31(2)8-9-33-10-11-34(20(33)35)18-13-14(22(25,26)27)12-17(23(28,29)30)19(18)37-21(36)32(3)16-6-4-15(24)5-7-16/h4-7,12-13H,8-11H2,1-3H3. The second-order valence-corrected chi connectivity index (χ2v) is 8.50. The van der Waals surface area contributed by atoms with E-state index in [0.717, 1.165) is 41.1 Å². The Morgan fingerprint density at radius 3 is 2.14 bits per heavy atom. The lowest BCUT2D eigenvalue weighted by atomic mass is 10.1. The summed E-state index contributed by atoms with van der Waals surface area (Å²) >= 11 is 0. The van der Waals surface area contributed by atoms with Crippen LogP contribution in [0.25, 0.3) is 0 Å². The number of urea groups is 1. The molecule has 3 amide bonds. The predicted molar refractivity (Wildman–Crippen MR) is 120 cm³/mol. The Hall–Kier alpha value is -3.55. The minimum atomic E-state index is -5.37. The number of benzene rings is 2. The Kier molecular flexibility index (Phi) is 7.91. The van der Waals surface area contributed by atoms with E-state index in [2.05, 4.69) is 0 Å². The molecule has 2 aromatic carbocycles. The second kappa shape index (κ2) is 10.4. The molecule has 7 nitrogen and oxygen atoms in total. The van der Waals surface area contributed by atoms with Crippen LogP contribution in [0.3, 0.4) is 0 Å². The van der Waals surface area contributed by atoms with Gasteiger partial charge in [-0.2, -0.15) is 26.3 Å². The van der Waals surface area contributed by atoms with Gasteiger partial charge in [-0.3, -0.25) is 9.80 Å². The molecular formula is C23H23F7N4O3. The van der Waals surface area contributed by atoms with E-state index in [-0.39, 0.29) is 31.4 Å². The van der Waals surface area contributed by atoms with Crippen LogP contribution in [-0.2, 0) is 12.4 Å². The van der Waals surface area contributed by atoms with Crippen LogP contribution in [0.4, 0.5) is 51.7 Å². The van der Waals surface area contributed by atoms with E-state index in [1.54, 1.807) is 19.0 Å². The first-order chi connectivity index (χ1) is 17.1. The van der Waals surface area contributed by atoms with Gasteiger partial charge < -0.3 is 14.5 Å². The van der Waals surface area contributed by atoms with Gasteiger partial charge in [-0.1, -0.05) is 0 Å². The summed E-state index contributed by atoms with van der Waals surface area (Å²) in [6, 6.07) is 3.64. The van der Waals surface area contributed by atoms with Crippen molar-refractivity contribution in [2.75, 3.05) is 57.1 Å². The Morgan fingerprint density at radius 1 is 0.973 bits per heavy atom. The highest BCUT2D eigenvalue weighted by atomic mass is 19.4. The van der Waals surface area contributed by atoms with Gasteiger partial charge in [-0.05, 0) is 50.5 Å². The lowest BCUT2D eigenvalue weighted by Gasteiger charge is -2.26. The number of anilines is 2. The van der Waals surface area contributed by atoms with Gasteiger partial charge >= 0.3 is 24.5 Å². The molecule has 1 aliphatic rings. The molecule has 3 rings (SSSR count). The number of carbonyl (C=O) groups excluding carboxylic acids is 2. The lowest BCUT2D eigenvalue weighted by molar-refractivity contribution is -0.143. The molecular weight excluding hydrogens is 513 g/mol. The zero-order valence-electron chi connectivity index (χ0n) is 20.0. The zero-order valence-corrected chi connectivity index (χ0v) is 20.0. The first kappa shape index (κ1) is 28.0. The molecule has 1 fully saturated rings. The molecule has 1 aliphatic heterocycles. The van der Waals surface area contributed by atoms with Gasteiger partial charge in [0, 0.05) is 38.9 Å². The molecule has 0 saturated carbocycles. The normalized spacial score (nSPS) is 14.5. The summed E-state index contributed by atoms with van der Waals surface area (Å²) in [5.74, 6) is -1.89. The summed E-state index contributed by atoms with van der Waals surface area (Å²) < 4.78 is 101. The highest BCUT2D eigenvalue weighted by molar-refractivity contribution is 5.97. The highest BCUT2D eigenvalue weighted by Gasteiger charge is 2.44. The molecule has 0 radical (unpaired) electrons. The van der Waals surface area contributed by atoms with Crippen molar-refractivity contribution in [1.82, 2.24) is 9.80 Å². The van der Waals surface area contributed by atoms with E-state index in [9.17, 15) is 40.3 Å². The third-order valence-corrected chi connectivity index (χ3v) is 5.58. The van der Waals surface area contributed by atoms with E-state index in [1.807, 2.05) is 0 Å². The second-order valence-electron chi connectivity index (χ2n) is 8.50. The summed E-state index contributed by atoms with van der Waals surface area (Å²) in [6.45, 7) is 0.381. The van der Waals surface area contributed by atoms with Crippen molar-refractivity contribution in [3.05, 3.63) is 53.3 Å². The van der Waals surface area contributed by atoms with Gasteiger partial charge in [0.05, 0.1) is 11.3 Å². The number of ether oxygens (including phenoxy) is 1. The van der Waals surface area contributed by atoms with E-state index < -0.39 is 52.9 Å². The maximum atomic E-state index is 14.0. The zero-order chi connectivity index (χ0) is 27.7. The van der Waals surface area contributed by atoms with Crippen LogP contribution in [0.1, 0.15) is 11.1 Å². The van der Waals surface area contributed by atoms with Crippen LogP contribution in [0, 0.1) is 5.82 Å². The van der Waals surface area contributed by atoms with Crippen molar-refractivity contribution in [3.63, 3.8) is 0 Å². The summed E-state index contributed by atoms with van der Waals surface area (Å²) in [5.41, 5.74) is -4.35. The Balaban J connectivity index is 2.09. The molecule has 0 spiro atoms. The van der Waals surface area contributed by atoms with E-state index in [1.165, 1.54) is 4.90 Å². The predicted octanol–water partition coefficient (Wildman–Crippen LogP) is 5.30. The minimum absolute atomic E-state index is 0.0349. The van der Waals surface area contributed by atoms with Crippen LogP contribution < -0.4 is 14.5 Å². The number of carbonyl (C=O) groups is 2. The van der Waals surface area contributed by atoms with Crippen molar-refractivity contribution in [2.24, 2.45) is 0 Å². The molecule has 14 heteroatoms. The first-order valence-electron chi connectivity index (χ1n) is 10.8. The number of hydrogen-bond acceptors (Lipinski definition) is 4. The summed E-state index contributed by atoms with van der Waals surface area (Å²) in [7, 11) is 4.59. The molecule has 202 valence electrons. The maximum Gasteiger partial charge on any atom is 0.420 e. The number of amides is 3. The summed E-state index contributed by atoms with van der Waals surface area (Å²) in [4.78, 5) is 30.2. The molecule has 0 N–H and O–H groups in total. The lowest BCUT2D eigenvalue weighted by Crippen LogP contribution is -2.37. The van der Waals surface area contributed by atoms with Crippen molar-refractivity contribution in [3.8, 4) is 5.75 Å². The van der Waals surface area contributed by atoms with Gasteiger partial charge in [0.2, 0.25) is 0 Å². The Labute approximate surface area is 207 Å². The highest BCUT2D eigenvalue weighted by Crippen LogP contribution is 2.47. The molecule has 0 aromatic heterocycles. The number of nitrogens with zero attached hydrogens (tertiary/aromatic N) is 4. The van der Waals surface area contributed by atoms with Gasteiger partial charge in [0.25, 0.3) is 0 Å². The summed E-state index contributed by atoms with van der Waals surface area (Å²) in [5, 5.41) is 0. The quantitative estimate of drug-likeness (QED) is 0.471. The van der Waals surface area contributed by atoms with Crippen LogP contribution in [-0.4, -0.2) is 69.2 Å². The van der Waals surface area contributed by atoms with Gasteiger partial charge in [-0.15, -0.1) is 0 Å². The molecule has 0 aliphatic carbocycles. The maximum absolute atomic E-state index is 14.0. The van der Waals surface area contributed by atoms with E-state index in [4.69, 9.17) is 4.74 Å². The van der Waals surface area contributed by atoms with Crippen LogP contribution in [0.15, 0.2) is 36.4 Å². The first-order valence-corrected chi connectivity index (χ1v) is 10.8. The topological polar surface area (TPSA) is 56.3 Å². The van der Waals surface area contributed by atoms with Gasteiger partial charge in [0.15, 0.2) is 5.75 Å². The molecule has 0 bridgehead atoms. The SMILES string of the molecule is CN(C)CCN1CCN(c2cc(C(F)(F)F)cc(C(F)(F)F)c2OC(=O)N(C)c2ccc(F)cc2)C1=O. The Bertz CT molecular complexity index is 1150. The fraction of sp³-hybridized carbons (Fsp3) is 0.391. The number of rotatable bonds is 6. The monoisotopic (exact) mass is 536 g/mol. The molecule has 2 aromatic rings. The van der Waals surface area contributed by atoms with E-state index in [0.29, 0.717) is 12.6 Å².